The Hall–Kier alpha value is -1.42. The van der Waals surface area contributed by atoms with E-state index in [2.05, 4.69) is 5.32 Å². The first-order chi connectivity index (χ1) is 8.61. The molecule has 2 unspecified atom stereocenters. The molecule has 1 aromatic carbocycles. The lowest BCUT2D eigenvalue weighted by Gasteiger charge is -2.28. The molecule has 2 atom stereocenters. The molecule has 1 amide bonds. The molecule has 2 rings (SSSR count). The maximum absolute atomic E-state index is 13.7. The van der Waals surface area contributed by atoms with Crippen LogP contribution in [0.3, 0.4) is 0 Å². The number of halogens is 1. The van der Waals surface area contributed by atoms with Crippen molar-refractivity contribution in [1.82, 2.24) is 10.2 Å². The number of hydrogen-bond acceptors (Lipinski definition) is 2. The standard InChI is InChI=1S/C14H19FN2O/c1-10(11-6-3-4-7-12(11)15)17(2)14(18)13-8-5-9-16-13/h3-4,6-7,10,13,16H,5,8-9H2,1-2H3. The monoisotopic (exact) mass is 250 g/mol. The highest BCUT2D eigenvalue weighted by Crippen LogP contribution is 2.23. The molecule has 1 N–H and O–H groups in total. The van der Waals surface area contributed by atoms with E-state index in [4.69, 9.17) is 0 Å². The smallest absolute Gasteiger partial charge is 0.239 e. The van der Waals surface area contributed by atoms with E-state index in [-0.39, 0.29) is 23.8 Å². The van der Waals surface area contributed by atoms with Crippen molar-refractivity contribution in [2.24, 2.45) is 0 Å². The molecule has 1 fully saturated rings. The Balaban J connectivity index is 2.10. The largest absolute Gasteiger partial charge is 0.338 e. The minimum Gasteiger partial charge on any atom is -0.338 e. The van der Waals surface area contributed by atoms with E-state index < -0.39 is 0 Å². The molecule has 1 saturated heterocycles. The molecule has 0 saturated carbocycles. The number of nitrogens with one attached hydrogen (secondary N) is 1. The van der Waals surface area contributed by atoms with Crippen molar-refractivity contribution in [3.8, 4) is 0 Å². The van der Waals surface area contributed by atoms with Crippen LogP contribution in [0.2, 0.25) is 0 Å². The van der Waals surface area contributed by atoms with Gasteiger partial charge < -0.3 is 10.2 Å². The molecule has 0 bridgehead atoms. The Bertz CT molecular complexity index is 430. The fourth-order valence-electron chi connectivity index (χ4n) is 2.35. The lowest BCUT2D eigenvalue weighted by atomic mass is 10.1. The topological polar surface area (TPSA) is 32.3 Å². The molecule has 1 aliphatic heterocycles. The van der Waals surface area contributed by atoms with Gasteiger partial charge in [0.25, 0.3) is 0 Å². The Labute approximate surface area is 107 Å². The fourth-order valence-corrected chi connectivity index (χ4v) is 2.35. The van der Waals surface area contributed by atoms with Crippen molar-refractivity contribution in [1.29, 1.82) is 0 Å². The van der Waals surface area contributed by atoms with Crippen LogP contribution in [-0.2, 0) is 4.79 Å². The van der Waals surface area contributed by atoms with Gasteiger partial charge in [-0.25, -0.2) is 4.39 Å². The van der Waals surface area contributed by atoms with E-state index >= 15 is 0 Å². The summed E-state index contributed by atoms with van der Waals surface area (Å²) in [7, 11) is 1.74. The first-order valence-electron chi connectivity index (χ1n) is 6.35. The zero-order valence-corrected chi connectivity index (χ0v) is 10.8. The van der Waals surface area contributed by atoms with Crippen LogP contribution in [0, 0.1) is 5.82 Å². The van der Waals surface area contributed by atoms with Gasteiger partial charge in [-0.1, -0.05) is 18.2 Å². The third-order valence-corrected chi connectivity index (χ3v) is 3.64. The SMILES string of the molecule is CC(c1ccccc1F)N(C)C(=O)C1CCCN1. The molecule has 3 nitrogen and oxygen atoms in total. The molecular weight excluding hydrogens is 231 g/mol. The van der Waals surface area contributed by atoms with Gasteiger partial charge in [0.2, 0.25) is 5.91 Å². The third kappa shape index (κ3) is 2.53. The van der Waals surface area contributed by atoms with Crippen molar-refractivity contribution in [2.75, 3.05) is 13.6 Å². The first-order valence-corrected chi connectivity index (χ1v) is 6.35. The van der Waals surface area contributed by atoms with E-state index in [1.165, 1.54) is 6.07 Å². The van der Waals surface area contributed by atoms with Gasteiger partial charge >= 0.3 is 0 Å². The predicted molar refractivity (Wildman–Crippen MR) is 68.6 cm³/mol. The average Bonchev–Trinajstić information content (AvgIpc) is 2.90. The van der Waals surface area contributed by atoms with Crippen LogP contribution in [0.1, 0.15) is 31.4 Å². The molecule has 0 aromatic heterocycles. The number of amides is 1. The van der Waals surface area contributed by atoms with E-state index in [1.807, 2.05) is 6.92 Å². The zero-order chi connectivity index (χ0) is 13.1. The van der Waals surface area contributed by atoms with Crippen LogP contribution < -0.4 is 5.32 Å². The van der Waals surface area contributed by atoms with Gasteiger partial charge in [-0.2, -0.15) is 0 Å². The Morgan fingerprint density at radius 2 is 2.22 bits per heavy atom. The summed E-state index contributed by atoms with van der Waals surface area (Å²) in [5.41, 5.74) is 0.561. The summed E-state index contributed by atoms with van der Waals surface area (Å²) in [6, 6.07) is 6.25. The van der Waals surface area contributed by atoms with Crippen LogP contribution >= 0.6 is 0 Å². The van der Waals surface area contributed by atoms with E-state index in [0.717, 1.165) is 19.4 Å². The van der Waals surface area contributed by atoms with Gasteiger partial charge in [0.15, 0.2) is 0 Å². The summed E-state index contributed by atoms with van der Waals surface area (Å²) in [6.07, 6.45) is 1.89. The Morgan fingerprint density at radius 1 is 1.50 bits per heavy atom. The maximum Gasteiger partial charge on any atom is 0.239 e. The molecule has 1 aromatic rings. The van der Waals surface area contributed by atoms with Crippen LogP contribution in [0.25, 0.3) is 0 Å². The molecule has 1 heterocycles. The third-order valence-electron chi connectivity index (χ3n) is 3.64. The van der Waals surface area contributed by atoms with E-state index in [0.29, 0.717) is 5.56 Å². The molecule has 0 radical (unpaired) electrons. The quantitative estimate of drug-likeness (QED) is 0.891. The van der Waals surface area contributed by atoms with E-state index in [1.54, 1.807) is 30.1 Å². The first kappa shape index (κ1) is 13.0. The number of rotatable bonds is 3. The highest BCUT2D eigenvalue weighted by molar-refractivity contribution is 5.82. The van der Waals surface area contributed by atoms with Crippen molar-refractivity contribution in [3.63, 3.8) is 0 Å². The van der Waals surface area contributed by atoms with Crippen molar-refractivity contribution in [3.05, 3.63) is 35.6 Å². The molecule has 0 aliphatic carbocycles. The van der Waals surface area contributed by atoms with Gasteiger partial charge in [0.1, 0.15) is 5.82 Å². The average molecular weight is 250 g/mol. The summed E-state index contributed by atoms with van der Waals surface area (Å²) >= 11 is 0. The van der Waals surface area contributed by atoms with Crippen LogP contribution in [-0.4, -0.2) is 30.4 Å². The summed E-state index contributed by atoms with van der Waals surface area (Å²) < 4.78 is 13.7. The Kier molecular flexibility index (Phi) is 3.97. The molecular formula is C14H19FN2O. The van der Waals surface area contributed by atoms with Gasteiger partial charge in [-0.15, -0.1) is 0 Å². The molecule has 18 heavy (non-hydrogen) atoms. The number of benzene rings is 1. The second-order valence-corrected chi connectivity index (χ2v) is 4.80. The summed E-state index contributed by atoms with van der Waals surface area (Å²) in [5, 5.41) is 3.17. The normalized spacial score (nSPS) is 20.7. The number of carbonyl (C=O) groups is 1. The molecule has 98 valence electrons. The summed E-state index contributed by atoms with van der Waals surface area (Å²) in [4.78, 5) is 13.8. The van der Waals surface area contributed by atoms with E-state index in [9.17, 15) is 9.18 Å². The van der Waals surface area contributed by atoms with Crippen LogP contribution in [0.4, 0.5) is 4.39 Å². The van der Waals surface area contributed by atoms with Crippen molar-refractivity contribution < 1.29 is 9.18 Å². The number of nitrogens with zero attached hydrogens (tertiary/aromatic N) is 1. The van der Waals surface area contributed by atoms with Gasteiger partial charge in [-0.05, 0) is 32.4 Å². The summed E-state index contributed by atoms with van der Waals surface area (Å²) in [6.45, 7) is 2.74. The number of hydrogen-bond donors (Lipinski definition) is 1. The number of likely N-dealkylation sites (N-methyl/N-ethyl adjacent to an activating group) is 1. The lowest BCUT2D eigenvalue weighted by Crippen LogP contribution is -2.42. The minimum atomic E-state index is -0.260. The second-order valence-electron chi connectivity index (χ2n) is 4.80. The molecule has 1 aliphatic rings. The summed E-state index contributed by atoms with van der Waals surface area (Å²) in [5.74, 6) is -0.215. The Morgan fingerprint density at radius 3 is 2.83 bits per heavy atom. The minimum absolute atomic E-state index is 0.0447. The highest BCUT2D eigenvalue weighted by Gasteiger charge is 2.28. The van der Waals surface area contributed by atoms with Crippen molar-refractivity contribution >= 4 is 5.91 Å². The second kappa shape index (κ2) is 5.48. The highest BCUT2D eigenvalue weighted by atomic mass is 19.1. The van der Waals surface area contributed by atoms with Crippen LogP contribution in [0.15, 0.2) is 24.3 Å². The maximum atomic E-state index is 13.7. The lowest BCUT2D eigenvalue weighted by molar-refractivity contribution is -0.133. The number of carbonyl (C=O) groups excluding carboxylic acids is 1. The zero-order valence-electron chi connectivity index (χ0n) is 10.8. The van der Waals surface area contributed by atoms with Gasteiger partial charge in [0, 0.05) is 12.6 Å². The molecule has 0 spiro atoms. The van der Waals surface area contributed by atoms with Crippen LogP contribution in [0.5, 0.6) is 0 Å². The van der Waals surface area contributed by atoms with Crippen molar-refractivity contribution in [2.45, 2.75) is 31.8 Å². The van der Waals surface area contributed by atoms with Gasteiger partial charge in [-0.3, -0.25) is 4.79 Å². The predicted octanol–water partition coefficient (Wildman–Crippen LogP) is 2.10. The molecule has 4 heteroatoms. The van der Waals surface area contributed by atoms with Gasteiger partial charge in [0.05, 0.1) is 12.1 Å². The fraction of sp³-hybridized carbons (Fsp3) is 0.500.